The summed E-state index contributed by atoms with van der Waals surface area (Å²) >= 11 is 0. The lowest BCUT2D eigenvalue weighted by Crippen LogP contribution is -2.23. The number of carbonyl (C=O) groups is 2. The molecule has 0 bridgehead atoms. The molecule has 1 heterocycles. The molecule has 0 unspecified atom stereocenters. The summed E-state index contributed by atoms with van der Waals surface area (Å²) in [6.45, 7) is 7.60. The highest BCUT2D eigenvalue weighted by molar-refractivity contribution is 5.97. The largest absolute Gasteiger partial charge is 0.465 e. The second-order valence-corrected chi connectivity index (χ2v) is 6.05. The fourth-order valence-electron chi connectivity index (χ4n) is 3.02. The van der Waals surface area contributed by atoms with Crippen LogP contribution in [0.3, 0.4) is 0 Å². The van der Waals surface area contributed by atoms with Gasteiger partial charge in [-0.3, -0.25) is 0 Å². The Labute approximate surface area is 124 Å². The van der Waals surface area contributed by atoms with Gasteiger partial charge in [0.25, 0.3) is 0 Å². The first-order chi connectivity index (χ1) is 9.64. The van der Waals surface area contributed by atoms with Gasteiger partial charge < -0.3 is 14.2 Å². The van der Waals surface area contributed by atoms with E-state index in [4.69, 9.17) is 14.2 Å². The molecule has 0 saturated heterocycles. The van der Waals surface area contributed by atoms with E-state index in [1.54, 1.807) is 6.07 Å². The van der Waals surface area contributed by atoms with Gasteiger partial charge in [0.05, 0.1) is 36.5 Å². The lowest BCUT2D eigenvalue weighted by Gasteiger charge is -2.25. The van der Waals surface area contributed by atoms with Crippen molar-refractivity contribution in [3.63, 3.8) is 0 Å². The molecule has 0 amide bonds. The molecule has 0 aliphatic carbocycles. The number of hydrogen-bond acceptors (Lipinski definition) is 5. The van der Waals surface area contributed by atoms with Crippen molar-refractivity contribution in [2.45, 2.75) is 38.9 Å². The lowest BCUT2D eigenvalue weighted by molar-refractivity contribution is -0.105. The smallest absolute Gasteiger partial charge is 0.338 e. The predicted molar refractivity (Wildman–Crippen MR) is 76.3 cm³/mol. The normalized spacial score (nSPS) is 18.0. The maximum atomic E-state index is 12.1. The molecule has 1 aliphatic rings. The first-order valence-electron chi connectivity index (χ1n) is 6.70. The number of hydrogen-bond donors (Lipinski definition) is 0. The van der Waals surface area contributed by atoms with Crippen LogP contribution in [0, 0.1) is 0 Å². The first-order valence-corrected chi connectivity index (χ1v) is 6.70. The molecule has 5 heteroatoms. The number of ether oxygens (including phenoxy) is 3. The van der Waals surface area contributed by atoms with E-state index in [1.807, 2.05) is 27.7 Å². The van der Waals surface area contributed by atoms with E-state index in [0.717, 1.165) is 11.1 Å². The van der Waals surface area contributed by atoms with Gasteiger partial charge >= 0.3 is 11.9 Å². The first kappa shape index (κ1) is 15.5. The van der Waals surface area contributed by atoms with Crippen LogP contribution in [0.25, 0.3) is 0 Å². The van der Waals surface area contributed by atoms with E-state index < -0.39 is 23.1 Å². The van der Waals surface area contributed by atoms with Gasteiger partial charge in [0, 0.05) is 5.56 Å². The monoisotopic (exact) mass is 292 g/mol. The molecule has 1 aromatic carbocycles. The number of carbonyl (C=O) groups excluding carboxylic acids is 2. The second kappa shape index (κ2) is 4.84. The van der Waals surface area contributed by atoms with Crippen LogP contribution in [-0.2, 0) is 25.4 Å². The molecule has 0 radical (unpaired) electrons. The summed E-state index contributed by atoms with van der Waals surface area (Å²) in [5.74, 6) is -0.991. The van der Waals surface area contributed by atoms with Crippen LogP contribution in [0.5, 0.6) is 0 Å². The summed E-state index contributed by atoms with van der Waals surface area (Å²) < 4.78 is 15.6. The van der Waals surface area contributed by atoms with Gasteiger partial charge in [0.15, 0.2) is 0 Å². The fraction of sp³-hybridized carbons (Fsp3) is 0.500. The molecule has 1 aliphatic heterocycles. The lowest BCUT2D eigenvalue weighted by atomic mass is 9.85. The Balaban J connectivity index is 2.79. The average molecular weight is 292 g/mol. The van der Waals surface area contributed by atoms with Gasteiger partial charge in [0.2, 0.25) is 0 Å². The Bertz CT molecular complexity index is 613. The number of methoxy groups -OCH3 is 2. The third-order valence-corrected chi connectivity index (χ3v) is 3.73. The standard InChI is InChI=1S/C16H20O5/c1-15(2)11-8-9(13(17)19-5)7-10(14(18)20-6)12(11)16(3,4)21-15/h7-8H,1-6H3. The maximum absolute atomic E-state index is 12.1. The van der Waals surface area contributed by atoms with E-state index in [1.165, 1.54) is 20.3 Å². The summed E-state index contributed by atoms with van der Waals surface area (Å²) in [4.78, 5) is 23.9. The van der Waals surface area contributed by atoms with Crippen molar-refractivity contribution in [2.24, 2.45) is 0 Å². The number of benzene rings is 1. The van der Waals surface area contributed by atoms with Crippen molar-refractivity contribution >= 4 is 11.9 Å². The van der Waals surface area contributed by atoms with Gasteiger partial charge in [-0.15, -0.1) is 0 Å². The number of esters is 2. The molecule has 0 saturated carbocycles. The summed E-state index contributed by atoms with van der Waals surface area (Å²) in [5, 5.41) is 0. The van der Waals surface area contributed by atoms with Gasteiger partial charge in [-0.05, 0) is 45.4 Å². The summed E-state index contributed by atoms with van der Waals surface area (Å²) in [5.41, 5.74) is 0.961. The van der Waals surface area contributed by atoms with E-state index in [9.17, 15) is 9.59 Å². The van der Waals surface area contributed by atoms with Crippen LogP contribution in [0.4, 0.5) is 0 Å². The summed E-state index contributed by atoms with van der Waals surface area (Å²) in [7, 11) is 2.62. The van der Waals surface area contributed by atoms with Crippen molar-refractivity contribution in [1.82, 2.24) is 0 Å². The molecule has 1 aromatic rings. The van der Waals surface area contributed by atoms with Crippen molar-refractivity contribution in [1.29, 1.82) is 0 Å². The highest BCUT2D eigenvalue weighted by Gasteiger charge is 2.46. The van der Waals surface area contributed by atoms with Crippen LogP contribution < -0.4 is 0 Å². The molecule has 0 aromatic heterocycles. The van der Waals surface area contributed by atoms with E-state index in [-0.39, 0.29) is 0 Å². The minimum absolute atomic E-state index is 0.311. The molecule has 0 fully saturated rings. The minimum atomic E-state index is -0.642. The third kappa shape index (κ3) is 2.42. The van der Waals surface area contributed by atoms with Gasteiger partial charge in [-0.25, -0.2) is 9.59 Å². The van der Waals surface area contributed by atoms with Crippen LogP contribution in [-0.4, -0.2) is 26.2 Å². The molecule has 0 N–H and O–H groups in total. The second-order valence-electron chi connectivity index (χ2n) is 6.05. The van der Waals surface area contributed by atoms with Gasteiger partial charge in [0.1, 0.15) is 0 Å². The highest BCUT2D eigenvalue weighted by atomic mass is 16.5. The molecule has 114 valence electrons. The molecule has 21 heavy (non-hydrogen) atoms. The van der Waals surface area contributed by atoms with Crippen LogP contribution >= 0.6 is 0 Å². The molecule has 0 spiro atoms. The Hall–Kier alpha value is -1.88. The SMILES string of the molecule is COC(=O)c1cc(C(=O)OC)c2c(c1)C(C)(C)OC2(C)C. The molecule has 5 nitrogen and oxygen atoms in total. The van der Waals surface area contributed by atoms with Gasteiger partial charge in [-0.2, -0.15) is 0 Å². The zero-order valence-electron chi connectivity index (χ0n) is 13.2. The Morgan fingerprint density at radius 1 is 0.952 bits per heavy atom. The Kier molecular flexibility index (Phi) is 3.58. The summed E-state index contributed by atoms with van der Waals surface area (Å²) in [6.07, 6.45) is 0. The predicted octanol–water partition coefficient (Wildman–Crippen LogP) is 2.76. The van der Waals surface area contributed by atoms with Crippen molar-refractivity contribution in [3.8, 4) is 0 Å². The quantitative estimate of drug-likeness (QED) is 0.784. The minimum Gasteiger partial charge on any atom is -0.465 e. The third-order valence-electron chi connectivity index (χ3n) is 3.73. The summed E-state index contributed by atoms with van der Waals surface area (Å²) in [6, 6.07) is 3.23. The van der Waals surface area contributed by atoms with E-state index in [2.05, 4.69) is 0 Å². The topological polar surface area (TPSA) is 61.8 Å². The van der Waals surface area contributed by atoms with Crippen molar-refractivity contribution in [3.05, 3.63) is 34.4 Å². The highest BCUT2D eigenvalue weighted by Crippen LogP contribution is 2.48. The van der Waals surface area contributed by atoms with Crippen molar-refractivity contribution in [2.75, 3.05) is 14.2 Å². The van der Waals surface area contributed by atoms with Crippen LogP contribution in [0.2, 0.25) is 0 Å². The number of rotatable bonds is 2. The zero-order valence-corrected chi connectivity index (χ0v) is 13.2. The number of fused-ring (bicyclic) bond motifs is 1. The van der Waals surface area contributed by atoms with Crippen LogP contribution in [0.15, 0.2) is 12.1 Å². The maximum Gasteiger partial charge on any atom is 0.338 e. The molecule has 2 rings (SSSR count). The molecule has 0 atom stereocenters. The Morgan fingerprint density at radius 3 is 2.05 bits per heavy atom. The van der Waals surface area contributed by atoms with Crippen LogP contribution in [0.1, 0.15) is 59.5 Å². The molecular formula is C16H20O5. The Morgan fingerprint density at radius 2 is 1.52 bits per heavy atom. The average Bonchev–Trinajstić information content (AvgIpc) is 2.61. The van der Waals surface area contributed by atoms with Crippen molar-refractivity contribution < 1.29 is 23.8 Å². The van der Waals surface area contributed by atoms with E-state index >= 15 is 0 Å². The molecular weight excluding hydrogens is 272 g/mol. The zero-order chi connectivity index (χ0) is 16.0. The van der Waals surface area contributed by atoms with E-state index in [0.29, 0.717) is 11.1 Å². The van der Waals surface area contributed by atoms with Gasteiger partial charge in [-0.1, -0.05) is 0 Å². The fourth-order valence-corrected chi connectivity index (χ4v) is 3.02.